The molecule has 1 heteroatoms. The maximum Gasteiger partial charge on any atom is 0.0540 e. The summed E-state index contributed by atoms with van der Waals surface area (Å²) in [6.45, 7) is 0. The van der Waals surface area contributed by atoms with Crippen molar-refractivity contribution in [3.63, 3.8) is 0 Å². The van der Waals surface area contributed by atoms with E-state index in [0.29, 0.717) is 0 Å². The van der Waals surface area contributed by atoms with Gasteiger partial charge in [-0.2, -0.15) is 0 Å². The van der Waals surface area contributed by atoms with E-state index in [1.165, 1.54) is 54.9 Å². The summed E-state index contributed by atoms with van der Waals surface area (Å²) in [5.74, 6) is 0. The summed E-state index contributed by atoms with van der Waals surface area (Å²) >= 11 is 0. The van der Waals surface area contributed by atoms with E-state index in [4.69, 9.17) is 0 Å². The van der Waals surface area contributed by atoms with Crippen LogP contribution < -0.4 is 4.90 Å². The zero-order valence-corrected chi connectivity index (χ0v) is 24.8. The second-order valence-electron chi connectivity index (χ2n) is 11.4. The Labute approximate surface area is 264 Å². The highest BCUT2D eigenvalue weighted by Crippen LogP contribution is 2.43. The van der Waals surface area contributed by atoms with Crippen LogP contribution in [0, 0.1) is 0 Å². The Morgan fingerprint density at radius 3 is 1.47 bits per heavy atom. The lowest BCUT2D eigenvalue weighted by Crippen LogP contribution is -2.11. The maximum absolute atomic E-state index is 2.43. The first-order valence-electron chi connectivity index (χ1n) is 15.4. The van der Waals surface area contributed by atoms with Gasteiger partial charge in [0, 0.05) is 16.8 Å². The molecule has 0 aliphatic rings. The Morgan fingerprint density at radius 2 is 0.778 bits per heavy atom. The van der Waals surface area contributed by atoms with Crippen molar-refractivity contribution >= 4 is 38.6 Å². The van der Waals surface area contributed by atoms with Gasteiger partial charge in [0.25, 0.3) is 0 Å². The van der Waals surface area contributed by atoms with Crippen LogP contribution in [0.25, 0.3) is 54.9 Å². The Hall–Kier alpha value is -5.92. The van der Waals surface area contributed by atoms with Gasteiger partial charge in [0.2, 0.25) is 0 Å². The van der Waals surface area contributed by atoms with Crippen LogP contribution in [0.3, 0.4) is 0 Å². The number of rotatable bonds is 6. The second-order valence-corrected chi connectivity index (χ2v) is 11.4. The first-order valence-corrected chi connectivity index (χ1v) is 15.4. The Bertz CT molecular complexity index is 2200. The highest BCUT2D eigenvalue weighted by atomic mass is 15.1. The van der Waals surface area contributed by atoms with Crippen molar-refractivity contribution in [3.8, 4) is 33.4 Å². The summed E-state index contributed by atoms with van der Waals surface area (Å²) in [4.78, 5) is 2.43. The van der Waals surface area contributed by atoms with E-state index in [-0.39, 0.29) is 0 Å². The monoisotopic (exact) mass is 573 g/mol. The third-order valence-electron chi connectivity index (χ3n) is 8.60. The summed E-state index contributed by atoms with van der Waals surface area (Å²) in [5, 5.41) is 4.93. The molecular formula is C44H31N. The number of hydrogen-bond donors (Lipinski definition) is 0. The molecule has 0 spiro atoms. The summed E-state index contributed by atoms with van der Waals surface area (Å²) in [7, 11) is 0. The van der Waals surface area contributed by atoms with E-state index in [1.807, 2.05) is 0 Å². The van der Waals surface area contributed by atoms with Gasteiger partial charge in [-0.15, -0.1) is 0 Å². The summed E-state index contributed by atoms with van der Waals surface area (Å²) in [5.41, 5.74) is 10.5. The van der Waals surface area contributed by atoms with Crippen molar-refractivity contribution in [2.75, 3.05) is 4.90 Å². The lowest BCUT2D eigenvalue weighted by atomic mass is 9.96. The van der Waals surface area contributed by atoms with E-state index in [2.05, 4.69) is 193 Å². The smallest absolute Gasteiger partial charge is 0.0540 e. The van der Waals surface area contributed by atoms with E-state index >= 15 is 0 Å². The van der Waals surface area contributed by atoms with E-state index in [0.717, 1.165) is 17.1 Å². The zero-order valence-electron chi connectivity index (χ0n) is 24.8. The number of nitrogens with zero attached hydrogens (tertiary/aromatic N) is 1. The summed E-state index contributed by atoms with van der Waals surface area (Å²) < 4.78 is 0. The van der Waals surface area contributed by atoms with Crippen molar-refractivity contribution in [3.05, 3.63) is 188 Å². The van der Waals surface area contributed by atoms with Crippen LogP contribution in [0.1, 0.15) is 0 Å². The molecule has 0 unspecified atom stereocenters. The molecule has 212 valence electrons. The molecule has 8 aromatic rings. The average molecular weight is 574 g/mol. The molecule has 0 amide bonds. The molecule has 45 heavy (non-hydrogen) atoms. The predicted molar refractivity (Wildman–Crippen MR) is 192 cm³/mol. The first-order chi connectivity index (χ1) is 22.3. The molecular weight excluding hydrogens is 542 g/mol. The molecule has 8 rings (SSSR count). The van der Waals surface area contributed by atoms with Gasteiger partial charge in [-0.1, -0.05) is 152 Å². The van der Waals surface area contributed by atoms with Gasteiger partial charge in [0.1, 0.15) is 0 Å². The highest BCUT2D eigenvalue weighted by molar-refractivity contribution is 6.01. The summed E-state index contributed by atoms with van der Waals surface area (Å²) in [6, 6.07) is 67.8. The van der Waals surface area contributed by atoms with E-state index in [1.54, 1.807) is 0 Å². The van der Waals surface area contributed by atoms with Crippen LogP contribution in [0.4, 0.5) is 17.1 Å². The van der Waals surface area contributed by atoms with Crippen molar-refractivity contribution in [2.45, 2.75) is 0 Å². The lowest BCUT2D eigenvalue weighted by Gasteiger charge is -2.28. The number of hydrogen-bond acceptors (Lipinski definition) is 1. The summed E-state index contributed by atoms with van der Waals surface area (Å²) in [6.07, 6.45) is 0. The SMILES string of the molecule is c1ccc(-c2cc(-c3ccccc3)cc(N(c3cccc(-c4cccc5ccccc45)c3)c3cccc4ccccc34)c2)cc1. The lowest BCUT2D eigenvalue weighted by molar-refractivity contribution is 1.30. The fourth-order valence-electron chi connectivity index (χ4n) is 6.46. The van der Waals surface area contributed by atoms with Gasteiger partial charge in [0.15, 0.2) is 0 Å². The van der Waals surface area contributed by atoms with Crippen molar-refractivity contribution < 1.29 is 0 Å². The number of fused-ring (bicyclic) bond motifs is 2. The van der Waals surface area contributed by atoms with Crippen LogP contribution in [0.2, 0.25) is 0 Å². The van der Waals surface area contributed by atoms with Crippen LogP contribution in [-0.4, -0.2) is 0 Å². The van der Waals surface area contributed by atoms with E-state index < -0.39 is 0 Å². The Balaban J connectivity index is 1.39. The quantitative estimate of drug-likeness (QED) is 0.191. The average Bonchev–Trinajstić information content (AvgIpc) is 3.12. The third-order valence-corrected chi connectivity index (χ3v) is 8.60. The molecule has 0 aromatic heterocycles. The van der Waals surface area contributed by atoms with Crippen LogP contribution in [0.15, 0.2) is 188 Å². The van der Waals surface area contributed by atoms with Crippen molar-refractivity contribution in [2.24, 2.45) is 0 Å². The van der Waals surface area contributed by atoms with E-state index in [9.17, 15) is 0 Å². The van der Waals surface area contributed by atoms with Gasteiger partial charge in [0.05, 0.1) is 5.69 Å². The molecule has 0 atom stereocenters. The normalized spacial score (nSPS) is 11.1. The van der Waals surface area contributed by atoms with Crippen molar-refractivity contribution in [1.29, 1.82) is 0 Å². The molecule has 0 heterocycles. The molecule has 0 saturated heterocycles. The minimum Gasteiger partial charge on any atom is -0.310 e. The molecule has 0 N–H and O–H groups in total. The van der Waals surface area contributed by atoms with Crippen molar-refractivity contribution in [1.82, 2.24) is 0 Å². The molecule has 1 nitrogen and oxygen atoms in total. The van der Waals surface area contributed by atoms with Crippen LogP contribution in [0.5, 0.6) is 0 Å². The van der Waals surface area contributed by atoms with Crippen LogP contribution in [-0.2, 0) is 0 Å². The number of anilines is 3. The highest BCUT2D eigenvalue weighted by Gasteiger charge is 2.18. The maximum atomic E-state index is 2.43. The Morgan fingerprint density at radius 1 is 0.289 bits per heavy atom. The van der Waals surface area contributed by atoms with Gasteiger partial charge in [-0.3, -0.25) is 0 Å². The molecule has 0 fully saturated rings. The fraction of sp³-hybridized carbons (Fsp3) is 0. The predicted octanol–water partition coefficient (Wildman–Crippen LogP) is 12.5. The van der Waals surface area contributed by atoms with Gasteiger partial charge in [-0.25, -0.2) is 0 Å². The molecule has 0 aliphatic carbocycles. The molecule has 0 aliphatic heterocycles. The van der Waals surface area contributed by atoms with Gasteiger partial charge < -0.3 is 4.90 Å². The third kappa shape index (κ3) is 5.15. The minimum absolute atomic E-state index is 1.11. The van der Waals surface area contributed by atoms with Crippen LogP contribution >= 0.6 is 0 Å². The molecule has 0 radical (unpaired) electrons. The first kappa shape index (κ1) is 26.7. The van der Waals surface area contributed by atoms with Gasteiger partial charge >= 0.3 is 0 Å². The second kappa shape index (κ2) is 11.6. The molecule has 0 saturated carbocycles. The topological polar surface area (TPSA) is 3.24 Å². The fourth-order valence-corrected chi connectivity index (χ4v) is 6.46. The molecule has 8 aromatic carbocycles. The standard InChI is InChI=1S/C44H31N/c1-3-14-32(15-4-1)37-28-38(33-16-5-2-6-17-33)31-40(30-37)45(44-27-13-21-35-19-8-10-25-43(35)44)39-23-11-22-36(29-39)42-26-12-20-34-18-7-9-24-41(34)42/h1-31H. The largest absolute Gasteiger partial charge is 0.310 e. The number of benzene rings is 8. The Kier molecular flexibility index (Phi) is 6.90. The molecule has 0 bridgehead atoms. The minimum atomic E-state index is 1.11. The zero-order chi connectivity index (χ0) is 30.0. The van der Waals surface area contributed by atoms with Gasteiger partial charge in [-0.05, 0) is 85.9 Å².